The number of ether oxygens (including phenoxy) is 1. The Morgan fingerprint density at radius 1 is 1.12 bits per heavy atom. The molecule has 0 spiro atoms. The molecule has 4 rings (SSSR count). The molecule has 124 valence electrons. The van der Waals surface area contributed by atoms with Crippen LogP contribution in [-0.2, 0) is 0 Å². The van der Waals surface area contributed by atoms with Crippen LogP contribution in [0.5, 0.6) is 5.75 Å². The van der Waals surface area contributed by atoms with Crippen LogP contribution in [0, 0.1) is 0 Å². The van der Waals surface area contributed by atoms with E-state index in [0.717, 1.165) is 41.2 Å². The zero-order chi connectivity index (χ0) is 16.4. The summed E-state index contributed by atoms with van der Waals surface area (Å²) in [5.74, 6) is 1.94. The van der Waals surface area contributed by atoms with E-state index in [9.17, 15) is 0 Å². The van der Waals surface area contributed by atoms with Gasteiger partial charge in [-0.25, -0.2) is 0 Å². The van der Waals surface area contributed by atoms with E-state index in [1.54, 1.807) is 0 Å². The number of rotatable bonds is 5. The van der Waals surface area contributed by atoms with E-state index in [4.69, 9.17) is 4.74 Å². The van der Waals surface area contributed by atoms with Crippen molar-refractivity contribution in [3.63, 3.8) is 0 Å². The summed E-state index contributed by atoms with van der Waals surface area (Å²) >= 11 is 3.44. The summed E-state index contributed by atoms with van der Waals surface area (Å²) in [5.41, 5.74) is 0.908. The van der Waals surface area contributed by atoms with Gasteiger partial charge in [0.25, 0.3) is 0 Å². The first-order chi connectivity index (χ1) is 11.8. The van der Waals surface area contributed by atoms with Crippen LogP contribution < -0.4 is 4.74 Å². The molecular formula is C18H19BrN4O. The van der Waals surface area contributed by atoms with Crippen LogP contribution in [0.1, 0.15) is 24.7 Å². The van der Waals surface area contributed by atoms with Crippen molar-refractivity contribution in [1.29, 1.82) is 0 Å². The molecule has 1 aliphatic heterocycles. The van der Waals surface area contributed by atoms with Gasteiger partial charge in [0, 0.05) is 17.2 Å². The van der Waals surface area contributed by atoms with Crippen molar-refractivity contribution in [3.8, 4) is 5.75 Å². The highest BCUT2D eigenvalue weighted by atomic mass is 79.9. The molecule has 5 nitrogen and oxygen atoms in total. The monoisotopic (exact) mass is 386 g/mol. The lowest BCUT2D eigenvalue weighted by Crippen LogP contribution is -2.29. The molecule has 0 N–H and O–H groups in total. The number of halogens is 1. The molecular weight excluding hydrogens is 368 g/mol. The maximum atomic E-state index is 5.87. The molecule has 0 bridgehead atoms. The molecule has 3 aromatic rings. The molecule has 1 aliphatic rings. The van der Waals surface area contributed by atoms with Gasteiger partial charge in [0.1, 0.15) is 12.4 Å². The highest BCUT2D eigenvalue weighted by Gasteiger charge is 2.29. The second-order valence-electron chi connectivity index (χ2n) is 5.98. The number of likely N-dealkylation sites (tertiary alicyclic amines) is 1. The predicted octanol–water partition coefficient (Wildman–Crippen LogP) is 3.71. The Balaban J connectivity index is 1.42. The van der Waals surface area contributed by atoms with E-state index in [2.05, 4.69) is 35.4 Å². The van der Waals surface area contributed by atoms with Gasteiger partial charge in [0.2, 0.25) is 0 Å². The summed E-state index contributed by atoms with van der Waals surface area (Å²) < 4.78 is 9.03. The quantitative estimate of drug-likeness (QED) is 0.670. The molecule has 0 radical (unpaired) electrons. The summed E-state index contributed by atoms with van der Waals surface area (Å²) in [6.45, 7) is 2.65. The van der Waals surface area contributed by atoms with E-state index in [1.165, 1.54) is 6.42 Å². The fourth-order valence-electron chi connectivity index (χ4n) is 3.28. The average molecular weight is 387 g/mol. The molecule has 1 fully saturated rings. The smallest absolute Gasteiger partial charge is 0.160 e. The standard InChI is InChI=1S/C18H19BrN4O/c19-14-6-8-15(9-7-14)24-13-12-22-10-3-4-16(22)18-21-20-17-5-1-2-11-23(17)18/h1-2,5-9,11,16H,3-4,10,12-13H2. The molecule has 24 heavy (non-hydrogen) atoms. The summed E-state index contributed by atoms with van der Waals surface area (Å²) in [4.78, 5) is 2.45. The lowest BCUT2D eigenvalue weighted by atomic mass is 10.2. The maximum absolute atomic E-state index is 5.87. The lowest BCUT2D eigenvalue weighted by molar-refractivity contribution is 0.192. The second kappa shape index (κ2) is 6.91. The van der Waals surface area contributed by atoms with E-state index in [1.807, 2.05) is 48.7 Å². The number of aromatic nitrogens is 3. The normalized spacial score (nSPS) is 18.3. The SMILES string of the molecule is Brc1ccc(OCCN2CCCC2c2nnc3ccccn23)cc1. The fraction of sp³-hybridized carbons (Fsp3) is 0.333. The van der Waals surface area contributed by atoms with E-state index in [0.29, 0.717) is 12.6 Å². The van der Waals surface area contributed by atoms with E-state index in [-0.39, 0.29) is 0 Å². The summed E-state index contributed by atoms with van der Waals surface area (Å²) in [6, 6.07) is 14.3. The number of fused-ring (bicyclic) bond motifs is 1. The summed E-state index contributed by atoms with van der Waals surface area (Å²) in [6.07, 6.45) is 4.35. The Morgan fingerprint density at radius 2 is 2.00 bits per heavy atom. The van der Waals surface area contributed by atoms with Gasteiger partial charge in [-0.1, -0.05) is 22.0 Å². The molecule has 3 heterocycles. The minimum absolute atomic E-state index is 0.316. The molecule has 1 atom stereocenters. The molecule has 0 saturated carbocycles. The highest BCUT2D eigenvalue weighted by molar-refractivity contribution is 9.10. The fourth-order valence-corrected chi connectivity index (χ4v) is 3.55. The summed E-state index contributed by atoms with van der Waals surface area (Å²) in [7, 11) is 0. The van der Waals surface area contributed by atoms with Crippen molar-refractivity contribution >= 4 is 21.6 Å². The Kier molecular flexibility index (Phi) is 4.49. The van der Waals surface area contributed by atoms with Gasteiger partial charge < -0.3 is 4.74 Å². The first-order valence-corrected chi connectivity index (χ1v) is 9.03. The third kappa shape index (κ3) is 3.16. The third-order valence-electron chi connectivity index (χ3n) is 4.46. The zero-order valence-electron chi connectivity index (χ0n) is 13.3. The number of benzene rings is 1. The topological polar surface area (TPSA) is 42.7 Å². The van der Waals surface area contributed by atoms with Crippen LogP contribution in [-0.4, -0.2) is 39.2 Å². The van der Waals surface area contributed by atoms with Crippen LogP contribution in [0.2, 0.25) is 0 Å². The van der Waals surface area contributed by atoms with E-state index >= 15 is 0 Å². The van der Waals surface area contributed by atoms with Crippen molar-refractivity contribution in [2.45, 2.75) is 18.9 Å². The molecule has 6 heteroatoms. The van der Waals surface area contributed by atoms with Gasteiger partial charge in [0.15, 0.2) is 11.5 Å². The minimum Gasteiger partial charge on any atom is -0.492 e. The Hall–Kier alpha value is -1.92. The first kappa shape index (κ1) is 15.6. The van der Waals surface area contributed by atoms with Crippen LogP contribution in [0.15, 0.2) is 53.1 Å². The second-order valence-corrected chi connectivity index (χ2v) is 6.90. The van der Waals surface area contributed by atoms with Crippen molar-refractivity contribution in [2.75, 3.05) is 19.7 Å². The lowest BCUT2D eigenvalue weighted by Gasteiger charge is -2.23. The zero-order valence-corrected chi connectivity index (χ0v) is 14.9. The van der Waals surface area contributed by atoms with Crippen LogP contribution >= 0.6 is 15.9 Å². The largest absolute Gasteiger partial charge is 0.492 e. The van der Waals surface area contributed by atoms with Gasteiger partial charge in [-0.2, -0.15) is 0 Å². The molecule has 1 aromatic carbocycles. The first-order valence-electron chi connectivity index (χ1n) is 8.23. The third-order valence-corrected chi connectivity index (χ3v) is 4.99. The van der Waals surface area contributed by atoms with Gasteiger partial charge >= 0.3 is 0 Å². The number of hydrogen-bond acceptors (Lipinski definition) is 4. The van der Waals surface area contributed by atoms with Crippen molar-refractivity contribution in [1.82, 2.24) is 19.5 Å². The van der Waals surface area contributed by atoms with Gasteiger partial charge in [0.05, 0.1) is 6.04 Å². The highest BCUT2D eigenvalue weighted by Crippen LogP contribution is 2.30. The number of hydrogen-bond donors (Lipinski definition) is 0. The molecule has 1 unspecified atom stereocenters. The van der Waals surface area contributed by atoms with Crippen LogP contribution in [0.25, 0.3) is 5.65 Å². The molecule has 2 aromatic heterocycles. The maximum Gasteiger partial charge on any atom is 0.160 e. The minimum atomic E-state index is 0.316. The molecule has 0 aliphatic carbocycles. The number of pyridine rings is 1. The van der Waals surface area contributed by atoms with Crippen molar-refractivity contribution in [3.05, 3.63) is 59.0 Å². The Morgan fingerprint density at radius 3 is 2.88 bits per heavy atom. The van der Waals surface area contributed by atoms with Gasteiger partial charge in [-0.05, 0) is 55.8 Å². The van der Waals surface area contributed by atoms with Crippen molar-refractivity contribution in [2.24, 2.45) is 0 Å². The van der Waals surface area contributed by atoms with Crippen LogP contribution in [0.3, 0.4) is 0 Å². The Bertz CT molecular complexity index is 817. The summed E-state index contributed by atoms with van der Waals surface area (Å²) in [5, 5.41) is 8.71. The van der Waals surface area contributed by atoms with Gasteiger partial charge in [-0.3, -0.25) is 9.30 Å². The molecule has 0 amide bonds. The van der Waals surface area contributed by atoms with Gasteiger partial charge in [-0.15, -0.1) is 10.2 Å². The molecule has 1 saturated heterocycles. The predicted molar refractivity (Wildman–Crippen MR) is 96.2 cm³/mol. The van der Waals surface area contributed by atoms with E-state index < -0.39 is 0 Å². The van der Waals surface area contributed by atoms with Crippen molar-refractivity contribution < 1.29 is 4.74 Å². The Labute approximate surface area is 149 Å². The average Bonchev–Trinajstić information content (AvgIpc) is 3.23. The number of nitrogens with zero attached hydrogens (tertiary/aromatic N) is 4. The van der Waals surface area contributed by atoms with Crippen LogP contribution in [0.4, 0.5) is 0 Å².